The first kappa shape index (κ1) is 24.7. The van der Waals surface area contributed by atoms with Crippen molar-refractivity contribution in [1.82, 2.24) is 10.6 Å². The van der Waals surface area contributed by atoms with Gasteiger partial charge in [-0.05, 0) is 72.4 Å². The van der Waals surface area contributed by atoms with Crippen molar-refractivity contribution >= 4 is 18.5 Å². The molecule has 32 heavy (non-hydrogen) atoms. The number of hydrogen-bond donors (Lipinski definition) is 3. The van der Waals surface area contributed by atoms with E-state index in [9.17, 15) is 13.6 Å². The number of carbonyl (C=O) groups is 1. The summed E-state index contributed by atoms with van der Waals surface area (Å²) in [7, 11) is 0. The molecule has 0 radical (unpaired) electrons. The zero-order valence-corrected chi connectivity index (χ0v) is 20.0. The number of carbonyl (C=O) groups excluding carboxylic acids is 1. The molecule has 0 aromatic heterocycles. The molecule has 174 valence electrons. The number of benzene rings is 2. The van der Waals surface area contributed by atoms with Gasteiger partial charge in [0, 0.05) is 36.9 Å². The minimum Gasteiger partial charge on any atom is -0.352 e. The second kappa shape index (κ2) is 11.3. The van der Waals surface area contributed by atoms with Gasteiger partial charge in [0.15, 0.2) is 0 Å². The van der Waals surface area contributed by atoms with Crippen LogP contribution in [0.1, 0.15) is 61.9 Å². The molecular weight excluding hydrogens is 426 g/mol. The molecule has 1 aliphatic carbocycles. The van der Waals surface area contributed by atoms with Crippen LogP contribution in [-0.4, -0.2) is 23.7 Å². The van der Waals surface area contributed by atoms with Gasteiger partial charge in [-0.3, -0.25) is 4.79 Å². The molecule has 0 heterocycles. The van der Waals surface area contributed by atoms with Crippen LogP contribution in [0.25, 0.3) is 0 Å². The Kier molecular flexibility index (Phi) is 8.72. The highest BCUT2D eigenvalue weighted by molar-refractivity contribution is 7.81. The number of fused-ring (bicyclic) bond motifs is 1. The molecular formula is C26H34F2N2OS. The van der Waals surface area contributed by atoms with E-state index >= 15 is 0 Å². The molecule has 3 atom stereocenters. The van der Waals surface area contributed by atoms with Crippen LogP contribution in [0.2, 0.25) is 0 Å². The summed E-state index contributed by atoms with van der Waals surface area (Å²) in [6.07, 6.45) is 4.65. The maximum Gasteiger partial charge on any atom is 0.217 e. The predicted molar refractivity (Wildman–Crippen MR) is 129 cm³/mol. The molecule has 3 rings (SSSR count). The summed E-state index contributed by atoms with van der Waals surface area (Å²) in [5.74, 6) is -0.818. The molecule has 2 aromatic carbocycles. The number of amides is 1. The molecule has 1 amide bonds. The van der Waals surface area contributed by atoms with Crippen LogP contribution in [0.5, 0.6) is 0 Å². The summed E-state index contributed by atoms with van der Waals surface area (Å²) in [6, 6.07) is 10.2. The summed E-state index contributed by atoms with van der Waals surface area (Å²) in [4.78, 5) is 11.8. The van der Waals surface area contributed by atoms with Crippen LogP contribution in [0.3, 0.4) is 0 Å². The van der Waals surface area contributed by atoms with Crippen LogP contribution in [0.15, 0.2) is 36.4 Å². The van der Waals surface area contributed by atoms with Gasteiger partial charge in [-0.25, -0.2) is 8.78 Å². The van der Waals surface area contributed by atoms with Gasteiger partial charge in [-0.2, -0.15) is 12.6 Å². The van der Waals surface area contributed by atoms with Gasteiger partial charge >= 0.3 is 0 Å². The Labute approximate surface area is 195 Å². The SMILES string of the molecule is CC(=O)N[C@@H](Cc1cc(F)cc(F)c1)[C@@H](S)CN[C@H]1CCCc2ccc(CC(C)C)cc21. The van der Waals surface area contributed by atoms with E-state index in [4.69, 9.17) is 12.6 Å². The quantitative estimate of drug-likeness (QED) is 0.452. The highest BCUT2D eigenvalue weighted by Gasteiger charge is 2.24. The number of thiol groups is 1. The van der Waals surface area contributed by atoms with E-state index in [-0.39, 0.29) is 23.2 Å². The number of halogens is 2. The first-order chi connectivity index (χ1) is 15.2. The molecule has 6 heteroatoms. The average Bonchev–Trinajstić information content (AvgIpc) is 2.70. The van der Waals surface area contributed by atoms with E-state index in [1.807, 2.05) is 0 Å². The van der Waals surface area contributed by atoms with Crippen molar-refractivity contribution in [2.75, 3.05) is 6.54 Å². The monoisotopic (exact) mass is 460 g/mol. The Hall–Kier alpha value is -1.92. The molecule has 0 aliphatic heterocycles. The van der Waals surface area contributed by atoms with Crippen molar-refractivity contribution in [2.24, 2.45) is 5.92 Å². The first-order valence-corrected chi connectivity index (χ1v) is 12.0. The van der Waals surface area contributed by atoms with Crippen molar-refractivity contribution in [3.05, 3.63) is 70.3 Å². The smallest absolute Gasteiger partial charge is 0.217 e. The zero-order chi connectivity index (χ0) is 23.3. The van der Waals surface area contributed by atoms with E-state index in [1.165, 1.54) is 35.7 Å². The molecule has 0 fully saturated rings. The Morgan fingerprint density at radius 1 is 1.09 bits per heavy atom. The van der Waals surface area contributed by atoms with Gasteiger partial charge in [0.05, 0.1) is 0 Å². The van der Waals surface area contributed by atoms with E-state index in [0.717, 1.165) is 31.7 Å². The van der Waals surface area contributed by atoms with Crippen molar-refractivity contribution < 1.29 is 13.6 Å². The number of rotatable bonds is 9. The summed E-state index contributed by atoms with van der Waals surface area (Å²) < 4.78 is 27.3. The molecule has 0 spiro atoms. The van der Waals surface area contributed by atoms with E-state index in [0.29, 0.717) is 24.4 Å². The summed E-state index contributed by atoms with van der Waals surface area (Å²) >= 11 is 4.75. The van der Waals surface area contributed by atoms with E-state index in [2.05, 4.69) is 42.7 Å². The van der Waals surface area contributed by atoms with Gasteiger partial charge in [-0.15, -0.1) is 0 Å². The maximum atomic E-state index is 13.6. The minimum atomic E-state index is -0.619. The van der Waals surface area contributed by atoms with E-state index < -0.39 is 11.6 Å². The second-order valence-corrected chi connectivity index (χ2v) is 10.0. The molecule has 2 N–H and O–H groups in total. The Balaban J connectivity index is 1.69. The lowest BCUT2D eigenvalue weighted by atomic mass is 9.85. The molecule has 0 unspecified atom stereocenters. The van der Waals surface area contributed by atoms with Crippen LogP contribution >= 0.6 is 12.6 Å². The second-order valence-electron chi connectivity index (χ2n) is 9.34. The summed E-state index contributed by atoms with van der Waals surface area (Å²) in [6.45, 7) is 6.48. The summed E-state index contributed by atoms with van der Waals surface area (Å²) in [5, 5.41) is 6.34. The minimum absolute atomic E-state index is 0.188. The number of nitrogens with one attached hydrogen (secondary N) is 2. The van der Waals surface area contributed by atoms with Crippen LogP contribution in [0, 0.1) is 17.6 Å². The lowest BCUT2D eigenvalue weighted by Gasteiger charge is -2.30. The fraction of sp³-hybridized carbons (Fsp3) is 0.500. The third-order valence-electron chi connectivity index (χ3n) is 5.97. The lowest BCUT2D eigenvalue weighted by molar-refractivity contribution is -0.119. The largest absolute Gasteiger partial charge is 0.352 e. The lowest BCUT2D eigenvalue weighted by Crippen LogP contribution is -2.46. The van der Waals surface area contributed by atoms with Gasteiger partial charge in [0.2, 0.25) is 5.91 Å². The van der Waals surface area contributed by atoms with Crippen molar-refractivity contribution in [2.45, 2.75) is 70.2 Å². The number of hydrogen-bond acceptors (Lipinski definition) is 3. The van der Waals surface area contributed by atoms with Crippen molar-refractivity contribution in [3.63, 3.8) is 0 Å². The van der Waals surface area contributed by atoms with E-state index in [1.54, 1.807) is 0 Å². The van der Waals surface area contributed by atoms with Gasteiger partial charge in [0.1, 0.15) is 11.6 Å². The highest BCUT2D eigenvalue weighted by atomic mass is 32.1. The van der Waals surface area contributed by atoms with Crippen LogP contribution in [0.4, 0.5) is 8.78 Å². The standard InChI is InChI=1S/C26H34F2N2OS/c1-16(2)9-18-7-8-20-5-4-6-24(23(20)12-18)29-15-26(32)25(30-17(3)31)13-19-10-21(27)14-22(28)11-19/h7-8,10-12,14,16,24-26,29,32H,4-6,9,13,15H2,1-3H3,(H,30,31)/t24-,25-,26-/m0/s1. The molecule has 0 bridgehead atoms. The average molecular weight is 461 g/mol. The number of aryl methyl sites for hydroxylation is 1. The Morgan fingerprint density at radius 2 is 1.81 bits per heavy atom. The molecule has 0 saturated carbocycles. The molecule has 2 aromatic rings. The summed E-state index contributed by atoms with van der Waals surface area (Å²) in [5.41, 5.74) is 4.62. The highest BCUT2D eigenvalue weighted by Crippen LogP contribution is 2.31. The normalized spacial score (nSPS) is 17.7. The van der Waals surface area contributed by atoms with Crippen LogP contribution < -0.4 is 10.6 Å². The first-order valence-electron chi connectivity index (χ1n) is 11.5. The predicted octanol–water partition coefficient (Wildman–Crippen LogP) is 5.18. The zero-order valence-electron chi connectivity index (χ0n) is 19.1. The van der Waals surface area contributed by atoms with Gasteiger partial charge < -0.3 is 10.6 Å². The fourth-order valence-electron chi connectivity index (χ4n) is 4.59. The maximum absolute atomic E-state index is 13.6. The topological polar surface area (TPSA) is 41.1 Å². The third-order valence-corrected chi connectivity index (χ3v) is 6.52. The fourth-order valence-corrected chi connectivity index (χ4v) is 4.88. The van der Waals surface area contributed by atoms with Crippen molar-refractivity contribution in [3.8, 4) is 0 Å². The Morgan fingerprint density at radius 3 is 2.47 bits per heavy atom. The molecule has 0 saturated heterocycles. The third kappa shape index (κ3) is 7.04. The van der Waals surface area contributed by atoms with Gasteiger partial charge in [0.25, 0.3) is 0 Å². The van der Waals surface area contributed by atoms with Crippen LogP contribution in [-0.2, 0) is 24.1 Å². The Bertz CT molecular complexity index is 914. The van der Waals surface area contributed by atoms with Crippen molar-refractivity contribution in [1.29, 1.82) is 0 Å². The molecule has 3 nitrogen and oxygen atoms in total. The molecule has 1 aliphatic rings. The van der Waals surface area contributed by atoms with Gasteiger partial charge in [-0.1, -0.05) is 32.0 Å².